The summed E-state index contributed by atoms with van der Waals surface area (Å²) in [6.07, 6.45) is 4.71. The third-order valence-electron chi connectivity index (χ3n) is 5.56. The van der Waals surface area contributed by atoms with Gasteiger partial charge in [0.05, 0.1) is 13.2 Å². The second-order valence-electron chi connectivity index (χ2n) is 8.04. The number of hydrogen-bond acceptors (Lipinski definition) is 6. The fraction of sp³-hybridized carbons (Fsp3) is 0.269. The van der Waals surface area contributed by atoms with Crippen LogP contribution < -0.4 is 9.47 Å². The highest BCUT2D eigenvalue weighted by Crippen LogP contribution is 2.38. The van der Waals surface area contributed by atoms with Crippen molar-refractivity contribution in [3.8, 4) is 22.9 Å². The van der Waals surface area contributed by atoms with Gasteiger partial charge in [-0.1, -0.05) is 42.1 Å². The number of thioether (sulfide) groups is 1. The molecule has 3 heterocycles. The minimum absolute atomic E-state index is 0.202. The lowest BCUT2D eigenvalue weighted by Crippen LogP contribution is -2.05. The molecule has 0 bridgehead atoms. The standard InChI is InChI=1S/C26H26N4O2S/c1-3-31-23-13-21-12-18(2)32-24(21)14-22(23)17-33-26-29-28-25(20-10-7-11-27-15-20)30(26)16-19-8-5-4-6-9-19/h4-11,13-15,18H,3,12,16-17H2,1-2H3. The summed E-state index contributed by atoms with van der Waals surface area (Å²) in [6.45, 7) is 5.42. The Labute approximate surface area is 198 Å². The first kappa shape index (κ1) is 21.5. The Morgan fingerprint density at radius 1 is 1.12 bits per heavy atom. The summed E-state index contributed by atoms with van der Waals surface area (Å²) >= 11 is 1.65. The number of benzene rings is 2. The Morgan fingerprint density at radius 2 is 2.00 bits per heavy atom. The molecule has 1 aliphatic heterocycles. The number of hydrogen-bond donors (Lipinski definition) is 0. The summed E-state index contributed by atoms with van der Waals surface area (Å²) in [7, 11) is 0. The van der Waals surface area contributed by atoms with Crippen molar-refractivity contribution < 1.29 is 9.47 Å². The molecule has 2 aromatic carbocycles. The van der Waals surface area contributed by atoms with Crippen molar-refractivity contribution in [2.75, 3.05) is 6.61 Å². The Kier molecular flexibility index (Phi) is 6.30. The van der Waals surface area contributed by atoms with Gasteiger partial charge in [0.15, 0.2) is 11.0 Å². The summed E-state index contributed by atoms with van der Waals surface area (Å²) in [5, 5.41) is 9.91. The summed E-state index contributed by atoms with van der Waals surface area (Å²) in [6, 6.07) is 18.6. The fourth-order valence-corrected chi connectivity index (χ4v) is 4.95. The average molecular weight is 459 g/mol. The first-order valence-corrected chi connectivity index (χ1v) is 12.2. The zero-order valence-corrected chi connectivity index (χ0v) is 19.6. The number of nitrogens with zero attached hydrogens (tertiary/aromatic N) is 4. The highest BCUT2D eigenvalue weighted by atomic mass is 32.2. The van der Waals surface area contributed by atoms with Gasteiger partial charge in [0.25, 0.3) is 0 Å². The van der Waals surface area contributed by atoms with Gasteiger partial charge in [-0.25, -0.2) is 0 Å². The molecule has 7 heteroatoms. The third kappa shape index (κ3) is 4.73. The van der Waals surface area contributed by atoms with Crippen LogP contribution in [0.5, 0.6) is 11.5 Å². The molecule has 5 rings (SSSR count). The van der Waals surface area contributed by atoms with Crippen LogP contribution in [0.15, 0.2) is 72.1 Å². The maximum Gasteiger partial charge on any atom is 0.192 e. The maximum absolute atomic E-state index is 5.99. The Hall–Kier alpha value is -3.32. The Balaban J connectivity index is 1.45. The average Bonchev–Trinajstić information content (AvgIpc) is 3.40. The van der Waals surface area contributed by atoms with Gasteiger partial charge in [-0.3, -0.25) is 9.55 Å². The number of ether oxygens (including phenoxy) is 2. The number of aromatic nitrogens is 4. The number of fused-ring (bicyclic) bond motifs is 1. The van der Waals surface area contributed by atoms with Crippen molar-refractivity contribution in [2.45, 2.75) is 43.8 Å². The third-order valence-corrected chi connectivity index (χ3v) is 6.57. The minimum atomic E-state index is 0.202. The molecule has 2 aromatic heterocycles. The molecule has 0 saturated carbocycles. The van der Waals surface area contributed by atoms with Crippen LogP contribution in [0.1, 0.15) is 30.5 Å². The van der Waals surface area contributed by atoms with Crippen LogP contribution in [0.4, 0.5) is 0 Å². The quantitative estimate of drug-likeness (QED) is 0.329. The Morgan fingerprint density at radius 3 is 2.79 bits per heavy atom. The second kappa shape index (κ2) is 9.67. The van der Waals surface area contributed by atoms with E-state index in [2.05, 4.69) is 63.1 Å². The first-order valence-electron chi connectivity index (χ1n) is 11.2. The molecule has 6 nitrogen and oxygen atoms in total. The topological polar surface area (TPSA) is 62.1 Å². The molecule has 33 heavy (non-hydrogen) atoms. The van der Waals surface area contributed by atoms with Crippen LogP contribution in [0.2, 0.25) is 0 Å². The molecule has 0 fully saturated rings. The van der Waals surface area contributed by atoms with E-state index in [0.29, 0.717) is 18.9 Å². The summed E-state index contributed by atoms with van der Waals surface area (Å²) < 4.78 is 14.1. The van der Waals surface area contributed by atoms with Crippen molar-refractivity contribution in [2.24, 2.45) is 0 Å². The van der Waals surface area contributed by atoms with Crippen LogP contribution >= 0.6 is 11.8 Å². The molecule has 0 saturated heterocycles. The van der Waals surface area contributed by atoms with E-state index in [0.717, 1.165) is 40.0 Å². The lowest BCUT2D eigenvalue weighted by Gasteiger charge is -2.13. The molecule has 168 valence electrons. The first-order chi connectivity index (χ1) is 16.2. The lowest BCUT2D eigenvalue weighted by atomic mass is 10.1. The normalized spacial score (nSPS) is 14.7. The molecule has 4 aromatic rings. The van der Waals surface area contributed by atoms with Crippen LogP contribution in [-0.2, 0) is 18.7 Å². The van der Waals surface area contributed by atoms with Crippen LogP contribution in [0.3, 0.4) is 0 Å². The second-order valence-corrected chi connectivity index (χ2v) is 8.98. The van der Waals surface area contributed by atoms with E-state index in [4.69, 9.17) is 9.47 Å². The van der Waals surface area contributed by atoms with Gasteiger partial charge in [0, 0.05) is 41.3 Å². The van der Waals surface area contributed by atoms with Gasteiger partial charge in [-0.05, 0) is 43.7 Å². The van der Waals surface area contributed by atoms with Gasteiger partial charge >= 0.3 is 0 Å². The smallest absolute Gasteiger partial charge is 0.192 e. The van der Waals surface area contributed by atoms with Crippen LogP contribution in [-0.4, -0.2) is 32.5 Å². The summed E-state index contributed by atoms with van der Waals surface area (Å²) in [5.74, 6) is 3.40. The molecular weight excluding hydrogens is 432 g/mol. The lowest BCUT2D eigenvalue weighted by molar-refractivity contribution is 0.254. The van der Waals surface area contributed by atoms with Crippen molar-refractivity contribution in [3.63, 3.8) is 0 Å². The summed E-state index contributed by atoms with van der Waals surface area (Å²) in [5.41, 5.74) is 4.46. The largest absolute Gasteiger partial charge is 0.494 e. The van der Waals surface area contributed by atoms with Gasteiger partial charge in [0.1, 0.15) is 17.6 Å². The highest BCUT2D eigenvalue weighted by molar-refractivity contribution is 7.98. The van der Waals surface area contributed by atoms with E-state index in [9.17, 15) is 0 Å². The van der Waals surface area contributed by atoms with Crippen LogP contribution in [0.25, 0.3) is 11.4 Å². The van der Waals surface area contributed by atoms with E-state index in [1.807, 2.05) is 31.3 Å². The van der Waals surface area contributed by atoms with Crippen molar-refractivity contribution >= 4 is 11.8 Å². The monoisotopic (exact) mass is 458 g/mol. The van der Waals surface area contributed by atoms with E-state index in [1.165, 1.54) is 11.1 Å². The minimum Gasteiger partial charge on any atom is -0.494 e. The summed E-state index contributed by atoms with van der Waals surface area (Å²) in [4.78, 5) is 4.27. The predicted octanol–water partition coefficient (Wildman–Crippen LogP) is 5.40. The molecule has 1 unspecified atom stereocenters. The fourth-order valence-electron chi connectivity index (χ4n) is 4.04. The van der Waals surface area contributed by atoms with E-state index >= 15 is 0 Å². The molecular formula is C26H26N4O2S. The van der Waals surface area contributed by atoms with Crippen molar-refractivity contribution in [1.29, 1.82) is 0 Å². The van der Waals surface area contributed by atoms with E-state index in [-0.39, 0.29) is 6.10 Å². The molecule has 0 aliphatic carbocycles. The van der Waals surface area contributed by atoms with Crippen LogP contribution in [0, 0.1) is 0 Å². The van der Waals surface area contributed by atoms with Gasteiger partial charge < -0.3 is 9.47 Å². The van der Waals surface area contributed by atoms with Gasteiger partial charge in [-0.2, -0.15) is 0 Å². The van der Waals surface area contributed by atoms with Crippen molar-refractivity contribution in [3.05, 3.63) is 83.7 Å². The zero-order chi connectivity index (χ0) is 22.6. The van der Waals surface area contributed by atoms with Gasteiger partial charge in [-0.15, -0.1) is 10.2 Å². The molecule has 0 amide bonds. The van der Waals surface area contributed by atoms with Crippen molar-refractivity contribution in [1.82, 2.24) is 19.7 Å². The van der Waals surface area contributed by atoms with Gasteiger partial charge in [0.2, 0.25) is 0 Å². The SMILES string of the molecule is CCOc1cc2c(cc1CSc1nnc(-c3cccnc3)n1Cc1ccccc1)OC(C)C2. The molecule has 0 N–H and O–H groups in total. The molecule has 0 radical (unpaired) electrons. The predicted molar refractivity (Wildman–Crippen MR) is 130 cm³/mol. The molecule has 0 spiro atoms. The molecule has 1 aliphatic rings. The van der Waals surface area contributed by atoms with E-state index < -0.39 is 0 Å². The zero-order valence-electron chi connectivity index (χ0n) is 18.8. The number of pyridine rings is 1. The highest BCUT2D eigenvalue weighted by Gasteiger charge is 2.23. The number of rotatable bonds is 8. The maximum atomic E-state index is 5.99. The molecule has 1 atom stereocenters. The van der Waals surface area contributed by atoms with E-state index in [1.54, 1.807) is 18.0 Å². The Bertz CT molecular complexity index is 1230.